The van der Waals surface area contributed by atoms with Crippen LogP contribution in [0.3, 0.4) is 0 Å². The number of benzene rings is 1. The van der Waals surface area contributed by atoms with Gasteiger partial charge in [-0.1, -0.05) is 12.1 Å². The lowest BCUT2D eigenvalue weighted by atomic mass is 10.2. The van der Waals surface area contributed by atoms with Crippen molar-refractivity contribution in [2.45, 2.75) is 25.8 Å². The molecule has 120 valence electrons. The maximum atomic E-state index is 4.88. The summed E-state index contributed by atoms with van der Waals surface area (Å²) >= 11 is 1.79. The van der Waals surface area contributed by atoms with E-state index < -0.39 is 0 Å². The maximum absolute atomic E-state index is 4.88. The minimum atomic E-state index is 0.289. The number of aryl methyl sites for hydroxylation is 1. The summed E-state index contributed by atoms with van der Waals surface area (Å²) in [6.45, 7) is 3.00. The molecule has 0 aliphatic carbocycles. The highest BCUT2D eigenvalue weighted by Gasteiger charge is 2.31. The lowest BCUT2D eigenvalue weighted by Crippen LogP contribution is -2.25. The molecule has 0 saturated carbocycles. The number of nitrogens with zero attached hydrogens (tertiary/aromatic N) is 6. The third-order valence-electron chi connectivity index (χ3n) is 4.50. The summed E-state index contributed by atoms with van der Waals surface area (Å²) < 4.78 is 3.08. The van der Waals surface area contributed by atoms with Crippen molar-refractivity contribution in [2.24, 2.45) is 0 Å². The first-order valence-electron chi connectivity index (χ1n) is 8.09. The van der Waals surface area contributed by atoms with Crippen molar-refractivity contribution in [1.82, 2.24) is 24.6 Å². The molecule has 0 spiro atoms. The van der Waals surface area contributed by atoms with Crippen LogP contribution in [0, 0.1) is 6.92 Å². The second-order valence-electron chi connectivity index (χ2n) is 6.10. The first-order chi connectivity index (χ1) is 11.8. The van der Waals surface area contributed by atoms with Gasteiger partial charge in [0.05, 0.1) is 16.3 Å². The standard InChI is InChI=1S/C17H16N6S/c1-11-9-15(23-17(20-11)18-10-19-23)22-8-4-6-13(22)16-21-12-5-2-3-7-14(12)24-16/h2-3,5,7,9-10,13H,4,6,8H2,1H3. The van der Waals surface area contributed by atoms with Crippen LogP contribution in [0.2, 0.25) is 0 Å². The van der Waals surface area contributed by atoms with Crippen molar-refractivity contribution in [2.75, 3.05) is 11.4 Å². The third kappa shape index (κ3) is 2.08. The molecule has 1 unspecified atom stereocenters. The fourth-order valence-corrected chi connectivity index (χ4v) is 4.56. The molecule has 7 heteroatoms. The van der Waals surface area contributed by atoms with Gasteiger partial charge in [0.1, 0.15) is 17.2 Å². The van der Waals surface area contributed by atoms with E-state index in [0.717, 1.165) is 36.4 Å². The summed E-state index contributed by atoms with van der Waals surface area (Å²) in [5.74, 6) is 1.71. The SMILES string of the molecule is Cc1cc(N2CCCC2c2nc3ccccc3s2)n2ncnc2n1. The number of para-hydroxylation sites is 1. The van der Waals surface area contributed by atoms with Gasteiger partial charge in [0, 0.05) is 18.3 Å². The number of rotatable bonds is 2. The zero-order chi connectivity index (χ0) is 16.1. The Balaban J connectivity index is 1.63. The fraction of sp³-hybridized carbons (Fsp3) is 0.294. The van der Waals surface area contributed by atoms with Gasteiger partial charge in [0.2, 0.25) is 0 Å². The van der Waals surface area contributed by atoms with Crippen LogP contribution in [0.5, 0.6) is 0 Å². The minimum Gasteiger partial charge on any atom is -0.347 e. The van der Waals surface area contributed by atoms with Gasteiger partial charge in [-0.15, -0.1) is 11.3 Å². The monoisotopic (exact) mass is 336 g/mol. The van der Waals surface area contributed by atoms with Crippen LogP contribution in [-0.2, 0) is 0 Å². The molecule has 4 aromatic rings. The number of hydrogen-bond donors (Lipinski definition) is 0. The largest absolute Gasteiger partial charge is 0.347 e. The van der Waals surface area contributed by atoms with Gasteiger partial charge in [-0.05, 0) is 31.9 Å². The Morgan fingerprint density at radius 3 is 3.04 bits per heavy atom. The molecular weight excluding hydrogens is 320 g/mol. The molecule has 1 atom stereocenters. The van der Waals surface area contributed by atoms with E-state index in [0.29, 0.717) is 5.78 Å². The average Bonchev–Trinajstić information content (AvgIpc) is 3.31. The highest BCUT2D eigenvalue weighted by atomic mass is 32.1. The molecule has 0 radical (unpaired) electrons. The zero-order valence-corrected chi connectivity index (χ0v) is 14.1. The molecular formula is C17H16N6S. The third-order valence-corrected chi connectivity index (χ3v) is 5.64. The molecule has 1 saturated heterocycles. The molecule has 0 amide bonds. The highest BCUT2D eigenvalue weighted by molar-refractivity contribution is 7.18. The molecule has 1 fully saturated rings. The number of hydrogen-bond acceptors (Lipinski definition) is 6. The van der Waals surface area contributed by atoms with Crippen molar-refractivity contribution in [3.63, 3.8) is 0 Å². The topological polar surface area (TPSA) is 59.2 Å². The van der Waals surface area contributed by atoms with E-state index in [4.69, 9.17) is 4.98 Å². The van der Waals surface area contributed by atoms with Crippen molar-refractivity contribution in [3.8, 4) is 0 Å². The van der Waals surface area contributed by atoms with E-state index in [-0.39, 0.29) is 6.04 Å². The Bertz CT molecular complexity index is 1000. The van der Waals surface area contributed by atoms with E-state index in [9.17, 15) is 0 Å². The van der Waals surface area contributed by atoms with E-state index in [2.05, 4.69) is 44.2 Å². The molecule has 0 N–H and O–H groups in total. The molecule has 5 rings (SSSR count). The summed E-state index contributed by atoms with van der Waals surface area (Å²) in [5.41, 5.74) is 2.04. The molecule has 0 bridgehead atoms. The lowest BCUT2D eigenvalue weighted by Gasteiger charge is -2.25. The van der Waals surface area contributed by atoms with Crippen molar-refractivity contribution < 1.29 is 0 Å². The first kappa shape index (κ1) is 13.9. The van der Waals surface area contributed by atoms with Crippen LogP contribution in [0.1, 0.15) is 29.6 Å². The van der Waals surface area contributed by atoms with Crippen LogP contribution in [0.15, 0.2) is 36.7 Å². The summed E-state index contributed by atoms with van der Waals surface area (Å²) in [7, 11) is 0. The van der Waals surface area contributed by atoms with Crippen molar-refractivity contribution in [1.29, 1.82) is 0 Å². The highest BCUT2D eigenvalue weighted by Crippen LogP contribution is 2.39. The van der Waals surface area contributed by atoms with Crippen LogP contribution in [0.4, 0.5) is 5.82 Å². The summed E-state index contributed by atoms with van der Waals surface area (Å²) in [5, 5.41) is 5.54. The number of fused-ring (bicyclic) bond motifs is 2. The van der Waals surface area contributed by atoms with Crippen molar-refractivity contribution in [3.05, 3.63) is 47.4 Å². The zero-order valence-electron chi connectivity index (χ0n) is 13.3. The fourth-order valence-electron chi connectivity index (χ4n) is 3.45. The molecule has 1 aliphatic rings. The van der Waals surface area contributed by atoms with Crippen molar-refractivity contribution >= 4 is 33.1 Å². The minimum absolute atomic E-state index is 0.289. The molecule has 24 heavy (non-hydrogen) atoms. The Kier molecular flexibility index (Phi) is 3.02. The van der Waals surface area contributed by atoms with E-state index in [1.807, 2.05) is 17.5 Å². The Labute approximate surface area is 142 Å². The van der Waals surface area contributed by atoms with Gasteiger partial charge >= 0.3 is 0 Å². The van der Waals surface area contributed by atoms with Gasteiger partial charge < -0.3 is 4.90 Å². The average molecular weight is 336 g/mol. The molecule has 4 heterocycles. The van der Waals surface area contributed by atoms with Crippen LogP contribution in [-0.4, -0.2) is 31.1 Å². The predicted molar refractivity (Wildman–Crippen MR) is 94.5 cm³/mol. The second-order valence-corrected chi connectivity index (χ2v) is 7.16. The van der Waals surface area contributed by atoms with Gasteiger partial charge in [-0.25, -0.2) is 9.97 Å². The number of aromatic nitrogens is 5. The van der Waals surface area contributed by atoms with Crippen LogP contribution < -0.4 is 4.90 Å². The van der Waals surface area contributed by atoms with Gasteiger partial charge in [-0.2, -0.15) is 14.6 Å². The van der Waals surface area contributed by atoms with Gasteiger partial charge in [0.25, 0.3) is 5.78 Å². The van der Waals surface area contributed by atoms with Crippen LogP contribution in [0.25, 0.3) is 16.0 Å². The lowest BCUT2D eigenvalue weighted by molar-refractivity contribution is 0.693. The normalized spacial score (nSPS) is 18.0. The Hall–Kier alpha value is -2.54. The summed E-state index contributed by atoms with van der Waals surface area (Å²) in [6, 6.07) is 10.7. The first-order valence-corrected chi connectivity index (χ1v) is 8.91. The second kappa shape index (κ2) is 5.24. The number of thiazole rings is 1. The Morgan fingerprint density at radius 1 is 1.21 bits per heavy atom. The number of anilines is 1. The van der Waals surface area contributed by atoms with Gasteiger partial charge in [0.15, 0.2) is 0 Å². The quantitative estimate of drug-likeness (QED) is 0.561. The van der Waals surface area contributed by atoms with E-state index in [1.54, 1.807) is 17.7 Å². The smallest absolute Gasteiger partial charge is 0.254 e. The van der Waals surface area contributed by atoms with E-state index >= 15 is 0 Å². The molecule has 6 nitrogen and oxygen atoms in total. The maximum Gasteiger partial charge on any atom is 0.254 e. The summed E-state index contributed by atoms with van der Waals surface area (Å²) in [6.07, 6.45) is 3.82. The molecule has 3 aromatic heterocycles. The van der Waals surface area contributed by atoms with Gasteiger partial charge in [-0.3, -0.25) is 0 Å². The predicted octanol–water partition coefficient (Wildman–Crippen LogP) is 3.38. The Morgan fingerprint density at radius 2 is 2.12 bits per heavy atom. The summed E-state index contributed by atoms with van der Waals surface area (Å²) in [4.78, 5) is 16.0. The molecule has 1 aromatic carbocycles. The molecule has 1 aliphatic heterocycles. The van der Waals surface area contributed by atoms with E-state index in [1.165, 1.54) is 9.71 Å². The van der Waals surface area contributed by atoms with Crippen LogP contribution >= 0.6 is 11.3 Å².